The van der Waals surface area contributed by atoms with E-state index in [0.717, 1.165) is 25.2 Å². The molecule has 0 saturated heterocycles. The summed E-state index contributed by atoms with van der Waals surface area (Å²) in [5.41, 5.74) is 6.86. The Balaban J connectivity index is 2.17. The summed E-state index contributed by atoms with van der Waals surface area (Å²) in [5, 5.41) is 0. The summed E-state index contributed by atoms with van der Waals surface area (Å²) < 4.78 is 4.04. The standard InChI is InChI=1S/C10H15N5/c1-2-4-15-8-12-6-9(15)7-14-5-3-13-10(14)11/h3,5-6,8H,2,4,7H2,1H3,(H2,11,13). The smallest absolute Gasteiger partial charge is 0.200 e. The van der Waals surface area contributed by atoms with Crippen LogP contribution in [0.15, 0.2) is 24.9 Å². The second-order valence-corrected chi connectivity index (χ2v) is 3.49. The summed E-state index contributed by atoms with van der Waals surface area (Å²) in [4.78, 5) is 8.12. The lowest BCUT2D eigenvalue weighted by molar-refractivity contribution is 0.626. The first-order valence-electron chi connectivity index (χ1n) is 5.07. The largest absolute Gasteiger partial charge is 0.369 e. The van der Waals surface area contributed by atoms with Crippen LogP contribution in [0, 0.1) is 0 Å². The zero-order valence-electron chi connectivity index (χ0n) is 8.80. The van der Waals surface area contributed by atoms with Crippen LogP contribution in [0.3, 0.4) is 0 Å². The SMILES string of the molecule is CCCn1cncc1Cn1ccnc1N. The Bertz CT molecular complexity index is 428. The van der Waals surface area contributed by atoms with Crippen molar-refractivity contribution in [1.82, 2.24) is 19.1 Å². The molecule has 2 N–H and O–H groups in total. The second kappa shape index (κ2) is 4.16. The molecule has 0 aromatic carbocycles. The fraction of sp³-hybridized carbons (Fsp3) is 0.400. The molecule has 5 heteroatoms. The molecule has 0 amide bonds. The highest BCUT2D eigenvalue weighted by Gasteiger charge is 2.04. The van der Waals surface area contributed by atoms with Gasteiger partial charge in [-0.3, -0.25) is 0 Å². The number of nitrogen functional groups attached to an aromatic ring is 1. The average molecular weight is 205 g/mol. The van der Waals surface area contributed by atoms with Crippen molar-refractivity contribution < 1.29 is 0 Å². The number of imidazole rings is 2. The first-order chi connectivity index (χ1) is 7.31. The Kier molecular flexibility index (Phi) is 2.71. The number of nitrogens with zero attached hydrogens (tertiary/aromatic N) is 4. The quantitative estimate of drug-likeness (QED) is 0.813. The normalized spacial score (nSPS) is 10.7. The molecule has 0 atom stereocenters. The maximum absolute atomic E-state index is 5.70. The van der Waals surface area contributed by atoms with Gasteiger partial charge in [-0.25, -0.2) is 9.97 Å². The van der Waals surface area contributed by atoms with Gasteiger partial charge >= 0.3 is 0 Å². The maximum atomic E-state index is 5.70. The first kappa shape index (κ1) is 9.76. The zero-order valence-corrected chi connectivity index (χ0v) is 8.80. The summed E-state index contributed by atoms with van der Waals surface area (Å²) in [7, 11) is 0. The van der Waals surface area contributed by atoms with E-state index >= 15 is 0 Å². The minimum Gasteiger partial charge on any atom is -0.369 e. The van der Waals surface area contributed by atoms with Gasteiger partial charge in [-0.15, -0.1) is 0 Å². The average Bonchev–Trinajstić information content (AvgIpc) is 2.80. The van der Waals surface area contributed by atoms with Crippen molar-refractivity contribution in [3.63, 3.8) is 0 Å². The van der Waals surface area contributed by atoms with Crippen molar-refractivity contribution in [3.05, 3.63) is 30.6 Å². The third kappa shape index (κ3) is 2.01. The fourth-order valence-corrected chi connectivity index (χ4v) is 1.57. The zero-order chi connectivity index (χ0) is 10.7. The van der Waals surface area contributed by atoms with Crippen LogP contribution in [-0.2, 0) is 13.1 Å². The molecule has 2 heterocycles. The van der Waals surface area contributed by atoms with Crippen molar-refractivity contribution in [2.45, 2.75) is 26.4 Å². The van der Waals surface area contributed by atoms with Crippen LogP contribution in [-0.4, -0.2) is 19.1 Å². The Hall–Kier alpha value is -1.78. The van der Waals surface area contributed by atoms with Gasteiger partial charge in [-0.1, -0.05) is 6.92 Å². The summed E-state index contributed by atoms with van der Waals surface area (Å²) in [6.07, 6.45) is 8.40. The van der Waals surface area contributed by atoms with Gasteiger partial charge in [0.15, 0.2) is 5.95 Å². The monoisotopic (exact) mass is 205 g/mol. The molecule has 0 aliphatic rings. The summed E-state index contributed by atoms with van der Waals surface area (Å²) in [5.74, 6) is 0.541. The van der Waals surface area contributed by atoms with E-state index in [1.807, 2.05) is 23.3 Å². The van der Waals surface area contributed by atoms with Crippen LogP contribution in [0.4, 0.5) is 5.95 Å². The van der Waals surface area contributed by atoms with Gasteiger partial charge < -0.3 is 14.9 Å². The van der Waals surface area contributed by atoms with Gasteiger partial charge in [-0.2, -0.15) is 0 Å². The van der Waals surface area contributed by atoms with Crippen molar-refractivity contribution in [1.29, 1.82) is 0 Å². The van der Waals surface area contributed by atoms with Gasteiger partial charge in [0, 0.05) is 25.1 Å². The van der Waals surface area contributed by atoms with Crippen molar-refractivity contribution in [3.8, 4) is 0 Å². The molecule has 0 aliphatic heterocycles. The van der Waals surface area contributed by atoms with Crippen LogP contribution in [0.2, 0.25) is 0 Å². The lowest BCUT2D eigenvalue weighted by atomic mass is 10.4. The molecule has 5 nitrogen and oxygen atoms in total. The van der Waals surface area contributed by atoms with Gasteiger partial charge in [0.05, 0.1) is 18.6 Å². The Morgan fingerprint density at radius 3 is 2.93 bits per heavy atom. The van der Waals surface area contributed by atoms with Crippen molar-refractivity contribution >= 4 is 5.95 Å². The first-order valence-corrected chi connectivity index (χ1v) is 5.07. The van der Waals surface area contributed by atoms with Crippen LogP contribution in [0.5, 0.6) is 0 Å². The Morgan fingerprint density at radius 2 is 2.27 bits per heavy atom. The van der Waals surface area contributed by atoms with E-state index in [1.165, 1.54) is 0 Å². The minimum absolute atomic E-state index is 0.541. The molecule has 15 heavy (non-hydrogen) atoms. The third-order valence-corrected chi connectivity index (χ3v) is 2.34. The Morgan fingerprint density at radius 1 is 1.40 bits per heavy atom. The van der Waals surface area contributed by atoms with Crippen LogP contribution >= 0.6 is 0 Å². The third-order valence-electron chi connectivity index (χ3n) is 2.34. The van der Waals surface area contributed by atoms with E-state index in [-0.39, 0.29) is 0 Å². The number of hydrogen-bond donors (Lipinski definition) is 1. The van der Waals surface area contributed by atoms with Gasteiger partial charge in [0.2, 0.25) is 0 Å². The number of rotatable bonds is 4. The highest BCUT2D eigenvalue weighted by Crippen LogP contribution is 2.07. The molecule has 2 aromatic rings. The molecule has 80 valence electrons. The number of aryl methyl sites for hydroxylation is 1. The molecule has 0 aliphatic carbocycles. The van der Waals surface area contributed by atoms with Crippen molar-refractivity contribution in [2.24, 2.45) is 0 Å². The number of aromatic nitrogens is 4. The van der Waals surface area contributed by atoms with E-state index in [1.54, 1.807) is 6.20 Å². The van der Waals surface area contributed by atoms with E-state index < -0.39 is 0 Å². The highest BCUT2D eigenvalue weighted by atomic mass is 15.2. The summed E-state index contributed by atoms with van der Waals surface area (Å²) in [6, 6.07) is 0. The molecule has 0 fully saturated rings. The van der Waals surface area contributed by atoms with Crippen LogP contribution in [0.25, 0.3) is 0 Å². The lowest BCUT2D eigenvalue weighted by Crippen LogP contribution is -2.08. The number of hydrogen-bond acceptors (Lipinski definition) is 3. The molecule has 0 unspecified atom stereocenters. The van der Waals surface area contributed by atoms with Crippen LogP contribution < -0.4 is 5.73 Å². The van der Waals surface area contributed by atoms with Gasteiger partial charge in [0.25, 0.3) is 0 Å². The van der Waals surface area contributed by atoms with E-state index in [0.29, 0.717) is 5.95 Å². The summed E-state index contributed by atoms with van der Waals surface area (Å²) in [6.45, 7) is 3.87. The van der Waals surface area contributed by atoms with Crippen molar-refractivity contribution in [2.75, 3.05) is 5.73 Å². The molecule has 2 rings (SSSR count). The molecule has 0 spiro atoms. The predicted octanol–water partition coefficient (Wildman–Crippen LogP) is 1.12. The molecular weight excluding hydrogens is 190 g/mol. The van der Waals surface area contributed by atoms with E-state index in [2.05, 4.69) is 21.5 Å². The van der Waals surface area contributed by atoms with Crippen LogP contribution in [0.1, 0.15) is 19.0 Å². The molecule has 0 saturated carbocycles. The van der Waals surface area contributed by atoms with E-state index in [9.17, 15) is 0 Å². The maximum Gasteiger partial charge on any atom is 0.200 e. The minimum atomic E-state index is 0.541. The van der Waals surface area contributed by atoms with Gasteiger partial charge in [-0.05, 0) is 6.42 Å². The van der Waals surface area contributed by atoms with Gasteiger partial charge in [0.1, 0.15) is 0 Å². The number of anilines is 1. The van der Waals surface area contributed by atoms with E-state index in [4.69, 9.17) is 5.73 Å². The summed E-state index contributed by atoms with van der Waals surface area (Å²) >= 11 is 0. The molecular formula is C10H15N5. The Labute approximate surface area is 88.6 Å². The topological polar surface area (TPSA) is 61.7 Å². The molecule has 2 aromatic heterocycles. The highest BCUT2D eigenvalue weighted by molar-refractivity contribution is 5.18. The lowest BCUT2D eigenvalue weighted by Gasteiger charge is -2.07. The number of nitrogens with two attached hydrogens (primary N) is 1. The molecule has 0 bridgehead atoms. The predicted molar refractivity (Wildman–Crippen MR) is 58.3 cm³/mol. The second-order valence-electron chi connectivity index (χ2n) is 3.49. The fourth-order valence-electron chi connectivity index (χ4n) is 1.57. The molecule has 0 radical (unpaired) electrons.